The van der Waals surface area contributed by atoms with Crippen LogP contribution in [0.15, 0.2) is 24.3 Å². The zero-order chi connectivity index (χ0) is 14.2. The zero-order valence-electron chi connectivity index (χ0n) is 13.3. The lowest BCUT2D eigenvalue weighted by molar-refractivity contribution is 0.312. The standard InChI is InChI=1S/C15H25N.C2H6/c1-6-14(15(2,3)4)13-9-7-12(8-10-13)11-16-5;1-2/h7-10,14,16H,6,11H2,1-5H3;1-2H3. The molecule has 0 heterocycles. The lowest BCUT2D eigenvalue weighted by Gasteiger charge is -2.30. The highest BCUT2D eigenvalue weighted by Crippen LogP contribution is 2.37. The first-order valence-corrected chi connectivity index (χ1v) is 7.22. The predicted octanol–water partition coefficient (Wildman–Crippen LogP) is 4.97. The minimum Gasteiger partial charge on any atom is -0.316 e. The molecule has 0 spiro atoms. The average molecular weight is 249 g/mol. The predicted molar refractivity (Wildman–Crippen MR) is 83.0 cm³/mol. The molecule has 1 nitrogen and oxygen atoms in total. The second-order valence-electron chi connectivity index (χ2n) is 5.60. The van der Waals surface area contributed by atoms with E-state index in [4.69, 9.17) is 0 Å². The van der Waals surface area contributed by atoms with Crippen LogP contribution in [0.3, 0.4) is 0 Å². The second kappa shape index (κ2) is 8.31. The molecule has 1 aromatic rings. The number of hydrogen-bond acceptors (Lipinski definition) is 1. The second-order valence-corrected chi connectivity index (χ2v) is 5.60. The van der Waals surface area contributed by atoms with Crippen LogP contribution in [-0.4, -0.2) is 7.05 Å². The summed E-state index contributed by atoms with van der Waals surface area (Å²) in [6.07, 6.45) is 1.20. The Hall–Kier alpha value is -0.820. The smallest absolute Gasteiger partial charge is 0.0202 e. The third-order valence-electron chi connectivity index (χ3n) is 3.22. The Kier molecular flexibility index (Phi) is 7.93. The maximum atomic E-state index is 3.18. The van der Waals surface area contributed by atoms with Crippen molar-refractivity contribution in [1.29, 1.82) is 0 Å². The van der Waals surface area contributed by atoms with Gasteiger partial charge in [0.2, 0.25) is 0 Å². The average Bonchev–Trinajstić information content (AvgIpc) is 2.33. The van der Waals surface area contributed by atoms with Crippen LogP contribution >= 0.6 is 0 Å². The highest BCUT2D eigenvalue weighted by Gasteiger charge is 2.24. The van der Waals surface area contributed by atoms with Crippen molar-refractivity contribution in [3.8, 4) is 0 Å². The van der Waals surface area contributed by atoms with Gasteiger partial charge in [0.1, 0.15) is 0 Å². The van der Waals surface area contributed by atoms with Gasteiger partial charge >= 0.3 is 0 Å². The van der Waals surface area contributed by atoms with Gasteiger partial charge in [0.25, 0.3) is 0 Å². The molecule has 0 aliphatic rings. The fourth-order valence-corrected chi connectivity index (χ4v) is 2.42. The van der Waals surface area contributed by atoms with Crippen molar-refractivity contribution in [2.24, 2.45) is 5.41 Å². The Bertz CT molecular complexity index is 305. The summed E-state index contributed by atoms with van der Waals surface area (Å²) in [5.74, 6) is 0.649. The van der Waals surface area contributed by atoms with Crippen molar-refractivity contribution in [3.63, 3.8) is 0 Å². The maximum absolute atomic E-state index is 3.18. The molecular weight excluding hydrogens is 218 g/mol. The molecule has 104 valence electrons. The van der Waals surface area contributed by atoms with Crippen LogP contribution in [0.5, 0.6) is 0 Å². The lowest BCUT2D eigenvalue weighted by atomic mass is 9.75. The molecule has 0 radical (unpaired) electrons. The van der Waals surface area contributed by atoms with E-state index in [1.54, 1.807) is 0 Å². The molecule has 1 unspecified atom stereocenters. The van der Waals surface area contributed by atoms with Crippen LogP contribution in [0.1, 0.15) is 65.0 Å². The summed E-state index contributed by atoms with van der Waals surface area (Å²) in [5, 5.41) is 3.18. The topological polar surface area (TPSA) is 12.0 Å². The van der Waals surface area contributed by atoms with Crippen molar-refractivity contribution >= 4 is 0 Å². The van der Waals surface area contributed by atoms with Crippen molar-refractivity contribution in [3.05, 3.63) is 35.4 Å². The van der Waals surface area contributed by atoms with Gasteiger partial charge in [0.15, 0.2) is 0 Å². The Balaban J connectivity index is 0.00000137. The highest BCUT2D eigenvalue weighted by atomic mass is 14.8. The van der Waals surface area contributed by atoms with Crippen molar-refractivity contribution in [2.75, 3.05) is 7.05 Å². The molecule has 1 aromatic carbocycles. The molecule has 0 aliphatic carbocycles. The Labute approximate surface area is 114 Å². The van der Waals surface area contributed by atoms with Gasteiger partial charge in [-0.05, 0) is 35.9 Å². The summed E-state index contributed by atoms with van der Waals surface area (Å²) >= 11 is 0. The van der Waals surface area contributed by atoms with Gasteiger partial charge in [0, 0.05) is 6.54 Å². The molecule has 0 fully saturated rings. The number of nitrogens with one attached hydrogen (secondary N) is 1. The van der Waals surface area contributed by atoms with Crippen LogP contribution < -0.4 is 5.32 Å². The van der Waals surface area contributed by atoms with Crippen molar-refractivity contribution in [1.82, 2.24) is 5.32 Å². The van der Waals surface area contributed by atoms with Gasteiger partial charge in [-0.25, -0.2) is 0 Å². The SMILES string of the molecule is CC.CCC(c1ccc(CNC)cc1)C(C)(C)C. The van der Waals surface area contributed by atoms with Crippen LogP contribution in [-0.2, 0) is 6.54 Å². The first-order chi connectivity index (χ1) is 8.49. The van der Waals surface area contributed by atoms with E-state index in [-0.39, 0.29) is 0 Å². The zero-order valence-corrected chi connectivity index (χ0v) is 13.3. The van der Waals surface area contributed by atoms with Gasteiger partial charge in [-0.2, -0.15) is 0 Å². The lowest BCUT2D eigenvalue weighted by Crippen LogP contribution is -2.17. The molecule has 1 rings (SSSR count). The molecular formula is C17H31N. The van der Waals surface area contributed by atoms with E-state index < -0.39 is 0 Å². The molecule has 0 aliphatic heterocycles. The van der Waals surface area contributed by atoms with E-state index in [1.807, 2.05) is 20.9 Å². The molecule has 0 amide bonds. The van der Waals surface area contributed by atoms with Gasteiger partial charge in [-0.15, -0.1) is 0 Å². The molecule has 18 heavy (non-hydrogen) atoms. The van der Waals surface area contributed by atoms with E-state index >= 15 is 0 Å². The molecule has 1 atom stereocenters. The van der Waals surface area contributed by atoms with Crippen LogP contribution in [0.25, 0.3) is 0 Å². The number of hydrogen-bond donors (Lipinski definition) is 1. The quantitative estimate of drug-likeness (QED) is 0.794. The van der Waals surface area contributed by atoms with Gasteiger partial charge < -0.3 is 5.32 Å². The van der Waals surface area contributed by atoms with Crippen LogP contribution in [0.2, 0.25) is 0 Å². The normalized spacial score (nSPS) is 12.6. The van der Waals surface area contributed by atoms with Gasteiger partial charge in [-0.3, -0.25) is 0 Å². The van der Waals surface area contributed by atoms with Gasteiger partial charge in [-0.1, -0.05) is 65.8 Å². The minimum atomic E-state index is 0.347. The first kappa shape index (κ1) is 17.2. The summed E-state index contributed by atoms with van der Waals surface area (Å²) in [5.41, 5.74) is 3.17. The monoisotopic (exact) mass is 249 g/mol. The van der Waals surface area contributed by atoms with Crippen molar-refractivity contribution in [2.45, 2.75) is 60.4 Å². The molecule has 1 N–H and O–H groups in total. The fourth-order valence-electron chi connectivity index (χ4n) is 2.42. The summed E-state index contributed by atoms with van der Waals surface area (Å²) in [6.45, 7) is 14.2. The maximum Gasteiger partial charge on any atom is 0.0202 e. The van der Waals surface area contributed by atoms with E-state index in [1.165, 1.54) is 17.5 Å². The summed E-state index contributed by atoms with van der Waals surface area (Å²) in [6, 6.07) is 9.04. The minimum absolute atomic E-state index is 0.347. The van der Waals surface area contributed by atoms with E-state index in [0.717, 1.165) is 6.54 Å². The van der Waals surface area contributed by atoms with E-state index in [0.29, 0.717) is 11.3 Å². The molecule has 0 bridgehead atoms. The Morgan fingerprint density at radius 3 is 1.89 bits per heavy atom. The molecule has 0 aromatic heterocycles. The summed E-state index contributed by atoms with van der Waals surface area (Å²) in [4.78, 5) is 0. The Morgan fingerprint density at radius 2 is 1.56 bits per heavy atom. The highest BCUT2D eigenvalue weighted by molar-refractivity contribution is 5.26. The first-order valence-electron chi connectivity index (χ1n) is 7.22. The van der Waals surface area contributed by atoms with E-state index in [9.17, 15) is 0 Å². The summed E-state index contributed by atoms with van der Waals surface area (Å²) < 4.78 is 0. The molecule has 0 saturated heterocycles. The van der Waals surface area contributed by atoms with Crippen molar-refractivity contribution < 1.29 is 0 Å². The fraction of sp³-hybridized carbons (Fsp3) is 0.647. The molecule has 1 heteroatoms. The third kappa shape index (κ3) is 5.22. The van der Waals surface area contributed by atoms with Gasteiger partial charge in [0.05, 0.1) is 0 Å². The molecule has 0 saturated carbocycles. The number of rotatable bonds is 4. The van der Waals surface area contributed by atoms with Crippen LogP contribution in [0, 0.1) is 5.41 Å². The number of benzene rings is 1. The third-order valence-corrected chi connectivity index (χ3v) is 3.22. The largest absolute Gasteiger partial charge is 0.316 e. The van der Waals surface area contributed by atoms with Crippen LogP contribution in [0.4, 0.5) is 0 Å². The Morgan fingerprint density at radius 1 is 1.06 bits per heavy atom. The summed E-state index contributed by atoms with van der Waals surface area (Å²) in [7, 11) is 1.98. The van der Waals surface area contributed by atoms with E-state index in [2.05, 4.69) is 57.3 Å².